The Balaban J connectivity index is 1.86. The molecular formula is C13H14BrNO4. The van der Waals surface area contributed by atoms with Gasteiger partial charge in [0.25, 0.3) is 5.91 Å². The summed E-state index contributed by atoms with van der Waals surface area (Å²) in [6.07, 6.45) is 0.521. The third kappa shape index (κ3) is 3.97. The van der Waals surface area contributed by atoms with Crippen molar-refractivity contribution in [1.29, 1.82) is 0 Å². The summed E-state index contributed by atoms with van der Waals surface area (Å²) in [6, 6.07) is 7.25. The molecule has 0 saturated heterocycles. The Hall–Kier alpha value is -1.53. The lowest BCUT2D eigenvalue weighted by Gasteiger charge is -2.16. The van der Waals surface area contributed by atoms with E-state index in [9.17, 15) is 9.90 Å². The van der Waals surface area contributed by atoms with E-state index in [4.69, 9.17) is 9.47 Å². The molecule has 5 nitrogen and oxygen atoms in total. The van der Waals surface area contributed by atoms with Crippen LogP contribution < -0.4 is 5.32 Å². The molecule has 0 aromatic heterocycles. The summed E-state index contributed by atoms with van der Waals surface area (Å²) in [7, 11) is 0. The van der Waals surface area contributed by atoms with Crippen LogP contribution in [0.1, 0.15) is 11.7 Å². The number of hydrogen-bond donors (Lipinski definition) is 2. The maximum Gasteiger partial charge on any atom is 0.289 e. The lowest BCUT2D eigenvalue weighted by molar-refractivity contribution is -0.122. The van der Waals surface area contributed by atoms with Crippen LogP contribution in [0, 0.1) is 0 Å². The highest BCUT2D eigenvalue weighted by Crippen LogP contribution is 2.16. The van der Waals surface area contributed by atoms with Gasteiger partial charge in [0.2, 0.25) is 5.76 Å². The first-order valence-electron chi connectivity index (χ1n) is 5.83. The first-order valence-corrected chi connectivity index (χ1v) is 6.62. The van der Waals surface area contributed by atoms with E-state index in [1.54, 1.807) is 12.1 Å². The molecule has 0 spiro atoms. The second kappa shape index (κ2) is 6.58. The fraction of sp³-hybridized carbons (Fsp3) is 0.308. The average molecular weight is 328 g/mol. The van der Waals surface area contributed by atoms with Crippen molar-refractivity contribution in [2.45, 2.75) is 6.10 Å². The van der Waals surface area contributed by atoms with Gasteiger partial charge in [0.15, 0.2) is 0 Å². The molecule has 0 saturated carbocycles. The van der Waals surface area contributed by atoms with Crippen molar-refractivity contribution in [2.24, 2.45) is 0 Å². The zero-order valence-corrected chi connectivity index (χ0v) is 11.7. The van der Waals surface area contributed by atoms with Crippen molar-refractivity contribution >= 4 is 21.8 Å². The summed E-state index contributed by atoms with van der Waals surface area (Å²) in [5.41, 5.74) is 0.735. The van der Waals surface area contributed by atoms with Crippen molar-refractivity contribution in [2.75, 3.05) is 19.8 Å². The van der Waals surface area contributed by atoms with Crippen LogP contribution in [0.2, 0.25) is 0 Å². The molecule has 1 aliphatic rings. The molecule has 1 amide bonds. The number of amides is 1. The number of ether oxygens (including phenoxy) is 2. The van der Waals surface area contributed by atoms with Gasteiger partial charge in [-0.15, -0.1) is 0 Å². The van der Waals surface area contributed by atoms with Crippen LogP contribution in [0.5, 0.6) is 0 Å². The number of benzene rings is 1. The third-order valence-corrected chi connectivity index (χ3v) is 3.11. The molecule has 1 atom stereocenters. The zero-order chi connectivity index (χ0) is 13.7. The quantitative estimate of drug-likeness (QED) is 0.879. The molecule has 0 radical (unpaired) electrons. The number of aliphatic hydroxyl groups is 1. The van der Waals surface area contributed by atoms with Gasteiger partial charge in [0.1, 0.15) is 19.5 Å². The highest BCUT2D eigenvalue weighted by Gasteiger charge is 2.16. The fourth-order valence-electron chi connectivity index (χ4n) is 1.57. The Morgan fingerprint density at radius 1 is 1.37 bits per heavy atom. The molecule has 0 unspecified atom stereocenters. The number of hydrogen-bond acceptors (Lipinski definition) is 4. The standard InChI is InChI=1S/C13H14BrNO4/c14-10-3-1-9(2-4-10)11(16)7-15-13(17)12-8-18-5-6-19-12/h1-4,8,11,16H,5-7H2,(H,15,17)/t11-/m0/s1. The largest absolute Gasteiger partial charge is 0.494 e. The number of halogens is 1. The molecule has 0 aliphatic carbocycles. The lowest BCUT2D eigenvalue weighted by atomic mass is 10.1. The van der Waals surface area contributed by atoms with Crippen molar-refractivity contribution < 1.29 is 19.4 Å². The zero-order valence-electron chi connectivity index (χ0n) is 10.1. The van der Waals surface area contributed by atoms with E-state index in [0.717, 1.165) is 10.0 Å². The maximum absolute atomic E-state index is 11.7. The van der Waals surface area contributed by atoms with E-state index < -0.39 is 12.0 Å². The van der Waals surface area contributed by atoms with Crippen molar-refractivity contribution in [3.05, 3.63) is 46.3 Å². The minimum Gasteiger partial charge on any atom is -0.494 e. The highest BCUT2D eigenvalue weighted by atomic mass is 79.9. The van der Waals surface area contributed by atoms with E-state index >= 15 is 0 Å². The Kier molecular flexibility index (Phi) is 4.81. The van der Waals surface area contributed by atoms with Crippen molar-refractivity contribution in [3.8, 4) is 0 Å². The van der Waals surface area contributed by atoms with Gasteiger partial charge >= 0.3 is 0 Å². The molecule has 1 aromatic rings. The molecule has 6 heteroatoms. The van der Waals surface area contributed by atoms with E-state index in [0.29, 0.717) is 13.2 Å². The molecule has 102 valence electrons. The minimum atomic E-state index is -0.762. The van der Waals surface area contributed by atoms with E-state index in [1.165, 1.54) is 6.26 Å². The summed E-state index contributed by atoms with van der Waals surface area (Å²) < 4.78 is 11.1. The second-order valence-corrected chi connectivity index (χ2v) is 4.89. The summed E-state index contributed by atoms with van der Waals surface area (Å²) in [6.45, 7) is 0.911. The average Bonchev–Trinajstić information content (AvgIpc) is 2.46. The molecule has 19 heavy (non-hydrogen) atoms. The highest BCUT2D eigenvalue weighted by molar-refractivity contribution is 9.10. The van der Waals surface area contributed by atoms with Gasteiger partial charge in [-0.1, -0.05) is 28.1 Å². The van der Waals surface area contributed by atoms with Crippen LogP contribution in [0.3, 0.4) is 0 Å². The second-order valence-electron chi connectivity index (χ2n) is 3.98. The van der Waals surface area contributed by atoms with Gasteiger partial charge in [-0.25, -0.2) is 0 Å². The van der Waals surface area contributed by atoms with Gasteiger partial charge in [0, 0.05) is 11.0 Å². The summed E-state index contributed by atoms with van der Waals surface area (Å²) in [4.78, 5) is 11.7. The van der Waals surface area contributed by atoms with Crippen LogP contribution in [0.15, 0.2) is 40.8 Å². The van der Waals surface area contributed by atoms with Crippen LogP contribution in [-0.4, -0.2) is 30.8 Å². The molecule has 0 fully saturated rings. The normalized spacial score (nSPS) is 15.8. The molecular weight excluding hydrogens is 314 g/mol. The number of rotatable bonds is 4. The number of nitrogens with one attached hydrogen (secondary N) is 1. The Bertz CT molecular complexity index is 472. The third-order valence-electron chi connectivity index (χ3n) is 2.58. The summed E-state index contributed by atoms with van der Waals surface area (Å²) in [5.74, 6) is -0.259. The molecule has 2 N–H and O–H groups in total. The van der Waals surface area contributed by atoms with Gasteiger partial charge in [-0.3, -0.25) is 4.79 Å². The van der Waals surface area contributed by atoms with Crippen LogP contribution in [0.25, 0.3) is 0 Å². The van der Waals surface area contributed by atoms with E-state index in [1.807, 2.05) is 12.1 Å². The predicted molar refractivity (Wildman–Crippen MR) is 72.1 cm³/mol. The topological polar surface area (TPSA) is 67.8 Å². The van der Waals surface area contributed by atoms with Gasteiger partial charge < -0.3 is 19.9 Å². The van der Waals surface area contributed by atoms with Crippen LogP contribution >= 0.6 is 15.9 Å². The monoisotopic (exact) mass is 327 g/mol. The van der Waals surface area contributed by atoms with Gasteiger partial charge in [-0.05, 0) is 17.7 Å². The van der Waals surface area contributed by atoms with Crippen molar-refractivity contribution in [3.63, 3.8) is 0 Å². The van der Waals surface area contributed by atoms with Gasteiger partial charge in [0.05, 0.1) is 6.10 Å². The smallest absolute Gasteiger partial charge is 0.289 e. The Morgan fingerprint density at radius 3 is 2.74 bits per heavy atom. The summed E-state index contributed by atoms with van der Waals surface area (Å²) >= 11 is 3.32. The minimum absolute atomic E-state index is 0.112. The van der Waals surface area contributed by atoms with E-state index in [-0.39, 0.29) is 12.3 Å². The fourth-order valence-corrected chi connectivity index (χ4v) is 1.83. The maximum atomic E-state index is 11.7. The predicted octanol–water partition coefficient (Wildman–Crippen LogP) is 1.49. The Labute approximate surface area is 119 Å². The molecule has 1 heterocycles. The lowest BCUT2D eigenvalue weighted by Crippen LogP contribution is -2.31. The van der Waals surface area contributed by atoms with Crippen LogP contribution in [0.4, 0.5) is 0 Å². The molecule has 1 aromatic carbocycles. The van der Waals surface area contributed by atoms with E-state index in [2.05, 4.69) is 21.2 Å². The SMILES string of the molecule is O=C(NC[C@H](O)c1ccc(Br)cc1)C1=COCCO1. The molecule has 2 rings (SSSR count). The van der Waals surface area contributed by atoms with Gasteiger partial charge in [-0.2, -0.15) is 0 Å². The molecule has 1 aliphatic heterocycles. The number of carbonyl (C=O) groups is 1. The van der Waals surface area contributed by atoms with Crippen molar-refractivity contribution in [1.82, 2.24) is 5.32 Å². The first kappa shape index (κ1) is 13.9. The number of aliphatic hydroxyl groups excluding tert-OH is 1. The number of carbonyl (C=O) groups excluding carboxylic acids is 1. The van der Waals surface area contributed by atoms with Crippen LogP contribution in [-0.2, 0) is 14.3 Å². The Morgan fingerprint density at radius 2 is 2.11 bits per heavy atom. The first-order chi connectivity index (χ1) is 9.16. The summed E-state index contributed by atoms with van der Waals surface area (Å²) in [5, 5.41) is 12.5. The molecule has 0 bridgehead atoms.